The van der Waals surface area contributed by atoms with Gasteiger partial charge in [0.15, 0.2) is 0 Å². The van der Waals surface area contributed by atoms with Crippen LogP contribution in [0.4, 0.5) is 4.79 Å². The van der Waals surface area contributed by atoms with Gasteiger partial charge in [0.25, 0.3) is 0 Å². The van der Waals surface area contributed by atoms with Gasteiger partial charge in [0.1, 0.15) is 5.60 Å². The number of hydrogen-bond donors (Lipinski definition) is 1. The molecule has 8 nitrogen and oxygen atoms in total. The van der Waals surface area contributed by atoms with Gasteiger partial charge in [-0.2, -0.15) is 0 Å². The summed E-state index contributed by atoms with van der Waals surface area (Å²) in [5, 5.41) is 11.3. The zero-order valence-electron chi connectivity index (χ0n) is 25.6. The molecule has 0 aromatic heterocycles. The molecule has 1 atom stereocenters. The van der Waals surface area contributed by atoms with Crippen molar-refractivity contribution in [2.75, 3.05) is 20.2 Å². The predicted molar refractivity (Wildman–Crippen MR) is 173 cm³/mol. The Hall–Kier alpha value is -4.18. The maximum absolute atomic E-state index is 13.4. The van der Waals surface area contributed by atoms with Crippen molar-refractivity contribution in [1.82, 2.24) is 4.90 Å². The highest BCUT2D eigenvalue weighted by Crippen LogP contribution is 2.26. The fourth-order valence-electron chi connectivity index (χ4n) is 4.59. The fraction of sp³-hybridized carbons (Fsp3) is 0.257. The van der Waals surface area contributed by atoms with Crippen LogP contribution in [0.5, 0.6) is 0 Å². The molecule has 0 heterocycles. The SMILES string of the molecule is COC(=O)c1ccc(-c2ccc(S(=O)(=O)c3ccc(CCN(C[C@H](O)c4cccc(Cl)c4)C(=O)OC(C)(C)C)cc3)cc2)cc1. The number of nitrogens with zero attached hydrogens (tertiary/aromatic N) is 1. The highest BCUT2D eigenvalue weighted by atomic mass is 35.5. The zero-order valence-corrected chi connectivity index (χ0v) is 27.1. The Labute approximate surface area is 269 Å². The molecular weight excluding hydrogens is 614 g/mol. The molecule has 0 aliphatic heterocycles. The average molecular weight is 650 g/mol. The summed E-state index contributed by atoms with van der Waals surface area (Å²) in [4.78, 5) is 26.4. The van der Waals surface area contributed by atoms with Gasteiger partial charge in [-0.1, -0.05) is 60.1 Å². The second kappa shape index (κ2) is 14.3. The van der Waals surface area contributed by atoms with Crippen LogP contribution in [0.15, 0.2) is 107 Å². The Morgan fingerprint density at radius 3 is 1.96 bits per heavy atom. The van der Waals surface area contributed by atoms with E-state index in [2.05, 4.69) is 0 Å². The van der Waals surface area contributed by atoms with E-state index in [4.69, 9.17) is 21.1 Å². The molecular formula is C35H36ClNO7S. The lowest BCUT2D eigenvalue weighted by molar-refractivity contribution is 0.0147. The second-order valence-corrected chi connectivity index (χ2v) is 13.9. The summed E-state index contributed by atoms with van der Waals surface area (Å²) in [5.74, 6) is -0.429. The van der Waals surface area contributed by atoms with Gasteiger partial charge in [0, 0.05) is 11.6 Å². The Bertz CT molecular complexity index is 1730. The number of halogens is 1. The van der Waals surface area contributed by atoms with E-state index < -0.39 is 33.6 Å². The minimum atomic E-state index is -3.78. The molecule has 45 heavy (non-hydrogen) atoms. The van der Waals surface area contributed by atoms with Crippen molar-refractivity contribution in [2.45, 2.75) is 48.7 Å². The van der Waals surface area contributed by atoms with Crippen molar-refractivity contribution in [3.05, 3.63) is 119 Å². The average Bonchev–Trinajstić information content (AvgIpc) is 3.02. The molecule has 0 aliphatic rings. The van der Waals surface area contributed by atoms with Crippen LogP contribution in [-0.4, -0.2) is 56.3 Å². The highest BCUT2D eigenvalue weighted by Gasteiger charge is 2.25. The topological polar surface area (TPSA) is 110 Å². The minimum Gasteiger partial charge on any atom is -0.465 e. The predicted octanol–water partition coefficient (Wildman–Crippen LogP) is 7.14. The maximum Gasteiger partial charge on any atom is 0.410 e. The second-order valence-electron chi connectivity index (χ2n) is 11.5. The molecule has 0 unspecified atom stereocenters. The smallest absolute Gasteiger partial charge is 0.410 e. The zero-order chi connectivity index (χ0) is 32.8. The molecule has 0 bridgehead atoms. The van der Waals surface area contributed by atoms with Gasteiger partial charge in [-0.3, -0.25) is 0 Å². The lowest BCUT2D eigenvalue weighted by atomic mass is 10.0. The van der Waals surface area contributed by atoms with Gasteiger partial charge in [-0.05, 0) is 98.0 Å². The third-order valence-corrected chi connectivity index (χ3v) is 9.01. The van der Waals surface area contributed by atoms with E-state index in [1.54, 1.807) is 118 Å². The number of aliphatic hydroxyl groups is 1. The van der Waals surface area contributed by atoms with Crippen LogP contribution in [0, 0.1) is 0 Å². The van der Waals surface area contributed by atoms with Crippen molar-refractivity contribution in [2.24, 2.45) is 0 Å². The lowest BCUT2D eigenvalue weighted by Crippen LogP contribution is -2.40. The number of ether oxygens (including phenoxy) is 2. The molecule has 1 amide bonds. The highest BCUT2D eigenvalue weighted by molar-refractivity contribution is 7.91. The van der Waals surface area contributed by atoms with Crippen LogP contribution in [0.1, 0.15) is 48.4 Å². The molecule has 0 fully saturated rings. The number of benzene rings is 4. The third kappa shape index (κ3) is 8.94. The van der Waals surface area contributed by atoms with Crippen LogP contribution in [0.2, 0.25) is 5.02 Å². The van der Waals surface area contributed by atoms with E-state index in [-0.39, 0.29) is 22.9 Å². The van der Waals surface area contributed by atoms with E-state index >= 15 is 0 Å². The molecule has 4 rings (SSSR count). The normalized spacial score (nSPS) is 12.3. The van der Waals surface area contributed by atoms with Crippen LogP contribution in [-0.2, 0) is 25.7 Å². The number of aliphatic hydroxyl groups excluding tert-OH is 1. The molecule has 0 saturated carbocycles. The van der Waals surface area contributed by atoms with E-state index in [1.807, 2.05) is 0 Å². The Morgan fingerprint density at radius 2 is 1.42 bits per heavy atom. The van der Waals surface area contributed by atoms with Crippen molar-refractivity contribution in [3.63, 3.8) is 0 Å². The summed E-state index contributed by atoms with van der Waals surface area (Å²) in [7, 11) is -2.46. The quantitative estimate of drug-likeness (QED) is 0.182. The Balaban J connectivity index is 1.45. The largest absolute Gasteiger partial charge is 0.465 e. The van der Waals surface area contributed by atoms with E-state index in [0.29, 0.717) is 22.6 Å². The number of carbonyl (C=O) groups excluding carboxylic acids is 2. The van der Waals surface area contributed by atoms with Gasteiger partial charge in [-0.25, -0.2) is 18.0 Å². The van der Waals surface area contributed by atoms with Crippen LogP contribution >= 0.6 is 11.6 Å². The molecule has 0 saturated heterocycles. The summed E-state index contributed by atoms with van der Waals surface area (Å²) in [6, 6.07) is 26.7. The monoisotopic (exact) mass is 649 g/mol. The van der Waals surface area contributed by atoms with Crippen molar-refractivity contribution in [3.8, 4) is 11.1 Å². The Morgan fingerprint density at radius 1 is 0.867 bits per heavy atom. The first-order chi connectivity index (χ1) is 21.3. The summed E-state index contributed by atoms with van der Waals surface area (Å²) in [5.41, 5.74) is 2.73. The number of carbonyl (C=O) groups is 2. The first kappa shape index (κ1) is 33.7. The number of sulfone groups is 1. The molecule has 236 valence electrons. The summed E-state index contributed by atoms with van der Waals surface area (Å²) >= 11 is 6.08. The summed E-state index contributed by atoms with van der Waals surface area (Å²) in [6.45, 7) is 5.54. The van der Waals surface area contributed by atoms with E-state index in [1.165, 1.54) is 12.0 Å². The first-order valence-electron chi connectivity index (χ1n) is 14.3. The number of esters is 1. The van der Waals surface area contributed by atoms with Crippen LogP contribution in [0.25, 0.3) is 11.1 Å². The van der Waals surface area contributed by atoms with Gasteiger partial charge in [0.2, 0.25) is 9.84 Å². The van der Waals surface area contributed by atoms with Gasteiger partial charge >= 0.3 is 12.1 Å². The van der Waals surface area contributed by atoms with Gasteiger partial charge in [0.05, 0.1) is 35.1 Å². The molecule has 0 aliphatic carbocycles. The fourth-order valence-corrected chi connectivity index (χ4v) is 6.05. The number of hydrogen-bond acceptors (Lipinski definition) is 7. The maximum atomic E-state index is 13.4. The molecule has 4 aromatic rings. The van der Waals surface area contributed by atoms with E-state index in [9.17, 15) is 23.1 Å². The van der Waals surface area contributed by atoms with Crippen LogP contribution < -0.4 is 0 Å². The summed E-state index contributed by atoms with van der Waals surface area (Å²) < 4.78 is 37.0. The summed E-state index contributed by atoms with van der Waals surface area (Å²) in [6.07, 6.45) is -1.13. The van der Waals surface area contributed by atoms with E-state index in [0.717, 1.165) is 16.7 Å². The minimum absolute atomic E-state index is 0.00681. The van der Waals surface area contributed by atoms with Crippen molar-refractivity contribution < 1.29 is 32.6 Å². The van der Waals surface area contributed by atoms with Crippen molar-refractivity contribution in [1.29, 1.82) is 0 Å². The van der Waals surface area contributed by atoms with Gasteiger partial charge in [-0.15, -0.1) is 0 Å². The van der Waals surface area contributed by atoms with Gasteiger partial charge < -0.3 is 19.5 Å². The number of methoxy groups -OCH3 is 1. The van der Waals surface area contributed by atoms with Crippen LogP contribution in [0.3, 0.4) is 0 Å². The molecule has 0 spiro atoms. The molecule has 10 heteroatoms. The standard InChI is InChI=1S/C35H36ClNO7S/c1-35(2,3)44-34(40)37(23-32(38)28-6-5-7-29(36)22-28)21-20-24-8-16-30(17-9-24)45(41,42)31-18-14-26(15-19-31)25-10-12-27(13-11-25)33(39)43-4/h5-19,22,32,38H,20-21,23H2,1-4H3/t32-/m0/s1. The first-order valence-corrected chi connectivity index (χ1v) is 16.2. The number of rotatable bonds is 10. The Kier molecular flexibility index (Phi) is 10.7. The van der Waals surface area contributed by atoms with Crippen molar-refractivity contribution >= 4 is 33.5 Å². The lowest BCUT2D eigenvalue weighted by Gasteiger charge is -2.29. The molecule has 1 N–H and O–H groups in total. The molecule has 0 radical (unpaired) electrons. The number of amides is 1. The third-order valence-electron chi connectivity index (χ3n) is 6.99. The molecule has 4 aromatic carbocycles.